The van der Waals surface area contributed by atoms with Gasteiger partial charge in [-0.3, -0.25) is 0 Å². The van der Waals surface area contributed by atoms with Crippen LogP contribution < -0.4 is 11.1 Å². The van der Waals surface area contributed by atoms with Crippen molar-refractivity contribution < 1.29 is 9.53 Å². The molecule has 0 bridgehead atoms. The van der Waals surface area contributed by atoms with Gasteiger partial charge in [0, 0.05) is 23.8 Å². The van der Waals surface area contributed by atoms with Crippen molar-refractivity contribution in [3.05, 3.63) is 17.6 Å². The SMILES string of the molecule is CCC(N)(CC)CNc1cc(C)nc(C(=O)OC)n1. The van der Waals surface area contributed by atoms with E-state index in [-0.39, 0.29) is 11.4 Å². The van der Waals surface area contributed by atoms with Crippen molar-refractivity contribution >= 4 is 11.8 Å². The first-order valence-corrected chi connectivity index (χ1v) is 6.41. The van der Waals surface area contributed by atoms with E-state index in [0.29, 0.717) is 18.1 Å². The van der Waals surface area contributed by atoms with Gasteiger partial charge in [0.15, 0.2) is 0 Å². The zero-order valence-corrected chi connectivity index (χ0v) is 12.0. The number of hydrogen-bond acceptors (Lipinski definition) is 6. The van der Waals surface area contributed by atoms with Gasteiger partial charge >= 0.3 is 5.97 Å². The minimum Gasteiger partial charge on any atom is -0.463 e. The van der Waals surface area contributed by atoms with Gasteiger partial charge in [0.2, 0.25) is 5.82 Å². The molecule has 1 aromatic rings. The Morgan fingerprint density at radius 2 is 2.05 bits per heavy atom. The summed E-state index contributed by atoms with van der Waals surface area (Å²) in [5.74, 6) is 0.0991. The van der Waals surface area contributed by atoms with E-state index in [1.165, 1.54) is 7.11 Å². The van der Waals surface area contributed by atoms with Gasteiger partial charge in [0.05, 0.1) is 7.11 Å². The molecular formula is C13H22N4O2. The topological polar surface area (TPSA) is 90.1 Å². The van der Waals surface area contributed by atoms with E-state index in [1.807, 2.05) is 0 Å². The second-order valence-corrected chi connectivity index (χ2v) is 4.63. The first-order valence-electron chi connectivity index (χ1n) is 6.41. The summed E-state index contributed by atoms with van der Waals surface area (Å²) < 4.78 is 4.62. The summed E-state index contributed by atoms with van der Waals surface area (Å²) in [5, 5.41) is 3.16. The average Bonchev–Trinajstić information content (AvgIpc) is 2.43. The quantitative estimate of drug-likeness (QED) is 0.758. The van der Waals surface area contributed by atoms with E-state index in [9.17, 15) is 4.79 Å². The Morgan fingerprint density at radius 1 is 1.42 bits per heavy atom. The maximum Gasteiger partial charge on any atom is 0.376 e. The number of carbonyl (C=O) groups is 1. The number of carbonyl (C=O) groups excluding carboxylic acids is 1. The molecule has 0 spiro atoms. The van der Waals surface area contributed by atoms with E-state index >= 15 is 0 Å². The molecule has 1 aromatic heterocycles. The van der Waals surface area contributed by atoms with Crippen LogP contribution in [0, 0.1) is 6.92 Å². The number of nitrogens with one attached hydrogen (secondary N) is 1. The zero-order valence-electron chi connectivity index (χ0n) is 12.0. The number of nitrogens with zero attached hydrogens (tertiary/aromatic N) is 2. The lowest BCUT2D eigenvalue weighted by Crippen LogP contribution is -2.45. The number of methoxy groups -OCH3 is 1. The Hall–Kier alpha value is -1.69. The van der Waals surface area contributed by atoms with Crippen LogP contribution in [0.2, 0.25) is 0 Å². The minimum atomic E-state index is -0.545. The van der Waals surface area contributed by atoms with Crippen LogP contribution in [0.1, 0.15) is 43.0 Å². The lowest BCUT2D eigenvalue weighted by atomic mass is 9.94. The summed E-state index contributed by atoms with van der Waals surface area (Å²) in [7, 11) is 1.31. The highest BCUT2D eigenvalue weighted by atomic mass is 16.5. The lowest BCUT2D eigenvalue weighted by molar-refractivity contribution is 0.0586. The van der Waals surface area contributed by atoms with Crippen LogP contribution in [0.15, 0.2) is 6.07 Å². The van der Waals surface area contributed by atoms with E-state index in [2.05, 4.69) is 33.9 Å². The second-order valence-electron chi connectivity index (χ2n) is 4.63. The summed E-state index contributed by atoms with van der Waals surface area (Å²) in [6, 6.07) is 1.78. The van der Waals surface area contributed by atoms with Crippen molar-refractivity contribution in [1.29, 1.82) is 0 Å². The summed E-state index contributed by atoms with van der Waals surface area (Å²) in [6.07, 6.45) is 1.73. The van der Waals surface area contributed by atoms with Gasteiger partial charge in [0.1, 0.15) is 5.82 Å². The van der Waals surface area contributed by atoms with Crippen molar-refractivity contribution in [1.82, 2.24) is 9.97 Å². The molecular weight excluding hydrogens is 244 g/mol. The number of ether oxygens (including phenoxy) is 1. The zero-order chi connectivity index (χ0) is 14.5. The molecule has 0 aliphatic carbocycles. The Morgan fingerprint density at radius 3 is 2.58 bits per heavy atom. The first-order chi connectivity index (χ1) is 8.94. The molecule has 0 atom stereocenters. The van der Waals surface area contributed by atoms with Gasteiger partial charge in [0.25, 0.3) is 0 Å². The van der Waals surface area contributed by atoms with Crippen LogP contribution in [0.25, 0.3) is 0 Å². The summed E-state index contributed by atoms with van der Waals surface area (Å²) in [5.41, 5.74) is 6.64. The number of esters is 1. The van der Waals surface area contributed by atoms with Gasteiger partial charge < -0.3 is 15.8 Å². The Bertz CT molecular complexity index is 444. The van der Waals surface area contributed by atoms with E-state index < -0.39 is 5.97 Å². The van der Waals surface area contributed by atoms with Crippen molar-refractivity contribution in [2.45, 2.75) is 39.2 Å². The van der Waals surface area contributed by atoms with Gasteiger partial charge in [-0.1, -0.05) is 13.8 Å². The van der Waals surface area contributed by atoms with Crippen LogP contribution in [-0.2, 0) is 4.74 Å². The highest BCUT2D eigenvalue weighted by Gasteiger charge is 2.20. The normalized spacial score (nSPS) is 11.2. The van der Waals surface area contributed by atoms with Crippen molar-refractivity contribution in [3.63, 3.8) is 0 Å². The Labute approximate surface area is 113 Å². The molecule has 3 N–H and O–H groups in total. The highest BCUT2D eigenvalue weighted by molar-refractivity contribution is 5.85. The fourth-order valence-corrected chi connectivity index (χ4v) is 1.61. The van der Waals surface area contributed by atoms with Crippen LogP contribution in [0.4, 0.5) is 5.82 Å². The molecule has 0 saturated carbocycles. The van der Waals surface area contributed by atoms with Crippen molar-refractivity contribution in [3.8, 4) is 0 Å². The fraction of sp³-hybridized carbons (Fsp3) is 0.615. The Balaban J connectivity index is 2.84. The molecule has 0 aliphatic heterocycles. The molecule has 0 aromatic carbocycles. The number of hydrogen-bond donors (Lipinski definition) is 2. The van der Waals surface area contributed by atoms with Crippen LogP contribution in [0.3, 0.4) is 0 Å². The molecule has 0 saturated heterocycles. The van der Waals surface area contributed by atoms with Gasteiger partial charge in [-0.05, 0) is 19.8 Å². The third kappa shape index (κ3) is 4.17. The van der Waals surface area contributed by atoms with Crippen molar-refractivity contribution in [2.24, 2.45) is 5.73 Å². The largest absolute Gasteiger partial charge is 0.463 e. The third-order valence-electron chi connectivity index (χ3n) is 3.25. The monoisotopic (exact) mass is 266 g/mol. The van der Waals surface area contributed by atoms with Gasteiger partial charge in [-0.2, -0.15) is 0 Å². The van der Waals surface area contributed by atoms with Crippen LogP contribution in [0.5, 0.6) is 0 Å². The number of anilines is 1. The average molecular weight is 266 g/mol. The van der Waals surface area contributed by atoms with E-state index in [0.717, 1.165) is 12.8 Å². The molecule has 6 heteroatoms. The fourth-order valence-electron chi connectivity index (χ4n) is 1.61. The minimum absolute atomic E-state index is 0.0561. The number of nitrogens with two attached hydrogens (primary N) is 1. The molecule has 1 rings (SSSR count). The summed E-state index contributed by atoms with van der Waals surface area (Å²) in [4.78, 5) is 19.6. The van der Waals surface area contributed by atoms with Crippen LogP contribution in [-0.4, -0.2) is 35.1 Å². The Kier molecular flexibility index (Phi) is 5.23. The van der Waals surface area contributed by atoms with Gasteiger partial charge in [-0.25, -0.2) is 14.8 Å². The molecule has 19 heavy (non-hydrogen) atoms. The summed E-state index contributed by atoms with van der Waals surface area (Å²) >= 11 is 0. The van der Waals surface area contributed by atoms with Crippen LogP contribution >= 0.6 is 0 Å². The first kappa shape index (κ1) is 15.4. The molecule has 0 fully saturated rings. The number of rotatable bonds is 6. The molecule has 0 aliphatic rings. The van der Waals surface area contributed by atoms with E-state index in [1.54, 1.807) is 13.0 Å². The lowest BCUT2D eigenvalue weighted by Gasteiger charge is -2.27. The number of aryl methyl sites for hydroxylation is 1. The molecule has 0 unspecified atom stereocenters. The van der Waals surface area contributed by atoms with Gasteiger partial charge in [-0.15, -0.1) is 0 Å². The highest BCUT2D eigenvalue weighted by Crippen LogP contribution is 2.13. The number of aromatic nitrogens is 2. The summed E-state index contributed by atoms with van der Waals surface area (Å²) in [6.45, 7) is 6.50. The second kappa shape index (κ2) is 6.47. The smallest absolute Gasteiger partial charge is 0.376 e. The van der Waals surface area contributed by atoms with E-state index in [4.69, 9.17) is 5.73 Å². The van der Waals surface area contributed by atoms with Crippen molar-refractivity contribution in [2.75, 3.05) is 19.0 Å². The molecule has 0 radical (unpaired) electrons. The molecule has 106 valence electrons. The predicted molar refractivity (Wildman–Crippen MR) is 74.1 cm³/mol. The maximum absolute atomic E-state index is 11.4. The molecule has 6 nitrogen and oxygen atoms in total. The predicted octanol–water partition coefficient (Wildman–Crippen LogP) is 1.50. The molecule has 1 heterocycles. The maximum atomic E-state index is 11.4. The third-order valence-corrected chi connectivity index (χ3v) is 3.25. The molecule has 0 amide bonds. The standard InChI is InChI=1S/C13H22N4O2/c1-5-13(14,6-2)8-15-10-7-9(3)16-11(17-10)12(18)19-4/h7H,5-6,8,14H2,1-4H3,(H,15,16,17).